The summed E-state index contributed by atoms with van der Waals surface area (Å²) in [6, 6.07) is 4.31. The quantitative estimate of drug-likeness (QED) is 0.614. The predicted octanol–water partition coefficient (Wildman–Crippen LogP) is 2.36. The molecule has 1 aromatic carbocycles. The van der Waals surface area contributed by atoms with Crippen molar-refractivity contribution in [2.45, 2.75) is 23.5 Å². The van der Waals surface area contributed by atoms with E-state index in [1.54, 1.807) is 13.0 Å². The lowest BCUT2D eigenvalue weighted by Gasteiger charge is -2.09. The van der Waals surface area contributed by atoms with Crippen molar-refractivity contribution < 1.29 is 14.3 Å². The second kappa shape index (κ2) is 5.02. The summed E-state index contributed by atoms with van der Waals surface area (Å²) in [5, 5.41) is 8.27. The maximum atomic E-state index is 13.0. The lowest BCUT2D eigenvalue weighted by atomic mass is 10.3. The molecule has 0 aliphatic heterocycles. The van der Waals surface area contributed by atoms with E-state index < -0.39 is 17.0 Å². The largest absolute Gasteiger partial charge is 0.480 e. The number of nitrogens with two attached hydrogens (primary N) is 1. The highest BCUT2D eigenvalue weighted by Crippen LogP contribution is 2.27. The molecule has 3 N–H and O–H groups in total. The first kappa shape index (κ1) is 11.8. The number of benzene rings is 1. The van der Waals surface area contributed by atoms with Gasteiger partial charge in [0.05, 0.1) is 5.69 Å². The fourth-order valence-corrected chi connectivity index (χ4v) is 1.97. The topological polar surface area (TPSA) is 63.3 Å². The van der Waals surface area contributed by atoms with E-state index in [1.165, 1.54) is 12.1 Å². The number of halogens is 1. The molecule has 82 valence electrons. The maximum Gasteiger partial charge on any atom is 0.316 e. The molecule has 1 atom stereocenters. The van der Waals surface area contributed by atoms with E-state index in [9.17, 15) is 9.18 Å². The normalized spacial score (nSPS) is 12.4. The Hall–Kier alpha value is -1.23. The summed E-state index contributed by atoms with van der Waals surface area (Å²) in [5.41, 5.74) is 5.38. The minimum Gasteiger partial charge on any atom is -0.480 e. The summed E-state index contributed by atoms with van der Waals surface area (Å²) >= 11 is 1.12. The first-order valence-electron chi connectivity index (χ1n) is 4.49. The highest BCUT2D eigenvalue weighted by molar-refractivity contribution is 8.00. The molecule has 0 fully saturated rings. The Kier molecular flexibility index (Phi) is 3.96. The van der Waals surface area contributed by atoms with Crippen LogP contribution in [0.15, 0.2) is 23.1 Å². The van der Waals surface area contributed by atoms with Crippen LogP contribution in [0.5, 0.6) is 0 Å². The highest BCUT2D eigenvalue weighted by Gasteiger charge is 2.16. The molecule has 5 heteroatoms. The number of carboxylic acids is 1. The van der Waals surface area contributed by atoms with E-state index in [1.807, 2.05) is 0 Å². The summed E-state index contributed by atoms with van der Waals surface area (Å²) in [6.07, 6.45) is 0.492. The average molecular weight is 229 g/mol. The fraction of sp³-hybridized carbons (Fsp3) is 0.300. The zero-order valence-electron chi connectivity index (χ0n) is 8.24. The van der Waals surface area contributed by atoms with E-state index in [2.05, 4.69) is 0 Å². The fourth-order valence-electron chi connectivity index (χ4n) is 1.05. The van der Waals surface area contributed by atoms with Gasteiger partial charge in [-0.25, -0.2) is 4.39 Å². The van der Waals surface area contributed by atoms with Crippen LogP contribution in [-0.4, -0.2) is 16.3 Å². The zero-order chi connectivity index (χ0) is 11.4. The van der Waals surface area contributed by atoms with Gasteiger partial charge in [0.15, 0.2) is 0 Å². The average Bonchev–Trinajstić information content (AvgIpc) is 2.19. The zero-order valence-corrected chi connectivity index (χ0v) is 9.05. The van der Waals surface area contributed by atoms with Crippen molar-refractivity contribution in [2.24, 2.45) is 0 Å². The summed E-state index contributed by atoms with van der Waals surface area (Å²) in [7, 11) is 0. The first-order chi connectivity index (χ1) is 7.04. The molecule has 3 nitrogen and oxygen atoms in total. The minimum atomic E-state index is -0.889. The number of thioether (sulfide) groups is 1. The Bertz CT molecular complexity index is 370. The van der Waals surface area contributed by atoms with Crippen molar-refractivity contribution in [1.29, 1.82) is 0 Å². The molecule has 1 rings (SSSR count). The van der Waals surface area contributed by atoms with Crippen LogP contribution in [0.1, 0.15) is 13.3 Å². The maximum absolute atomic E-state index is 13.0. The Morgan fingerprint density at radius 1 is 1.67 bits per heavy atom. The number of carboxylic acid groups (broad SMARTS) is 1. The molecule has 0 saturated carbocycles. The lowest BCUT2D eigenvalue weighted by Crippen LogP contribution is -2.14. The third-order valence-electron chi connectivity index (χ3n) is 1.90. The molecule has 0 amide bonds. The smallest absolute Gasteiger partial charge is 0.316 e. The van der Waals surface area contributed by atoms with E-state index in [4.69, 9.17) is 10.8 Å². The number of nitrogen functional groups attached to an aromatic ring is 1. The van der Waals surface area contributed by atoms with Gasteiger partial charge in [-0.05, 0) is 24.6 Å². The minimum absolute atomic E-state index is 0.0720. The molecule has 0 aliphatic rings. The van der Waals surface area contributed by atoms with Crippen molar-refractivity contribution in [3.63, 3.8) is 0 Å². The molecular formula is C10H12FNO2S. The summed E-state index contributed by atoms with van der Waals surface area (Å²) < 4.78 is 13.0. The van der Waals surface area contributed by atoms with Crippen molar-refractivity contribution in [3.8, 4) is 0 Å². The van der Waals surface area contributed by atoms with E-state index in [-0.39, 0.29) is 5.69 Å². The second-order valence-corrected chi connectivity index (χ2v) is 4.31. The van der Waals surface area contributed by atoms with Crippen LogP contribution < -0.4 is 5.73 Å². The van der Waals surface area contributed by atoms with Crippen LogP contribution in [0.3, 0.4) is 0 Å². The van der Waals surface area contributed by atoms with Gasteiger partial charge in [0.1, 0.15) is 11.1 Å². The van der Waals surface area contributed by atoms with Gasteiger partial charge in [-0.3, -0.25) is 4.79 Å². The number of hydrogen-bond donors (Lipinski definition) is 2. The Morgan fingerprint density at radius 2 is 2.33 bits per heavy atom. The van der Waals surface area contributed by atoms with Gasteiger partial charge >= 0.3 is 5.97 Å². The van der Waals surface area contributed by atoms with Crippen molar-refractivity contribution in [1.82, 2.24) is 0 Å². The van der Waals surface area contributed by atoms with Gasteiger partial charge in [-0.15, -0.1) is 11.8 Å². The molecule has 1 unspecified atom stereocenters. The van der Waals surface area contributed by atoms with Crippen LogP contribution in [0.4, 0.5) is 10.1 Å². The van der Waals surface area contributed by atoms with Gasteiger partial charge in [-0.1, -0.05) is 6.92 Å². The van der Waals surface area contributed by atoms with Crippen LogP contribution >= 0.6 is 11.8 Å². The van der Waals surface area contributed by atoms with Crippen LogP contribution in [-0.2, 0) is 4.79 Å². The van der Waals surface area contributed by atoms with Gasteiger partial charge in [0.25, 0.3) is 0 Å². The van der Waals surface area contributed by atoms with Crippen molar-refractivity contribution in [2.75, 3.05) is 5.73 Å². The molecule has 1 aromatic rings. The molecule has 0 heterocycles. The Labute approximate surface area is 91.5 Å². The van der Waals surface area contributed by atoms with Gasteiger partial charge in [0.2, 0.25) is 0 Å². The third-order valence-corrected chi connectivity index (χ3v) is 3.24. The molecule has 0 radical (unpaired) electrons. The summed E-state index contributed by atoms with van der Waals surface area (Å²) in [5.74, 6) is -1.40. The standard InChI is InChI=1S/C10H12FNO2S/c1-2-9(10(13)14)15-6-3-4-8(12)7(11)5-6/h3-5,9H,2,12H2,1H3,(H,13,14). The third kappa shape index (κ3) is 3.13. The number of anilines is 1. The lowest BCUT2D eigenvalue weighted by molar-refractivity contribution is -0.136. The van der Waals surface area contributed by atoms with Gasteiger partial charge in [0, 0.05) is 4.90 Å². The summed E-state index contributed by atoms with van der Waals surface area (Å²) in [6.45, 7) is 1.78. The number of carbonyl (C=O) groups is 1. The predicted molar refractivity (Wildman–Crippen MR) is 58.4 cm³/mol. The molecular weight excluding hydrogens is 217 g/mol. The number of aliphatic carboxylic acids is 1. The first-order valence-corrected chi connectivity index (χ1v) is 5.37. The van der Waals surface area contributed by atoms with E-state index in [0.29, 0.717) is 11.3 Å². The van der Waals surface area contributed by atoms with E-state index in [0.717, 1.165) is 11.8 Å². The second-order valence-electron chi connectivity index (χ2n) is 3.04. The SMILES string of the molecule is CCC(Sc1ccc(N)c(F)c1)C(=O)O. The van der Waals surface area contributed by atoms with E-state index >= 15 is 0 Å². The molecule has 0 spiro atoms. The Balaban J connectivity index is 2.80. The highest BCUT2D eigenvalue weighted by atomic mass is 32.2. The van der Waals surface area contributed by atoms with Crippen LogP contribution in [0, 0.1) is 5.82 Å². The van der Waals surface area contributed by atoms with Crippen LogP contribution in [0.25, 0.3) is 0 Å². The van der Waals surface area contributed by atoms with Crippen molar-refractivity contribution >= 4 is 23.4 Å². The molecule has 0 aliphatic carbocycles. The Morgan fingerprint density at radius 3 is 2.80 bits per heavy atom. The molecule has 0 aromatic heterocycles. The molecule has 15 heavy (non-hydrogen) atoms. The van der Waals surface area contributed by atoms with Gasteiger partial charge in [-0.2, -0.15) is 0 Å². The van der Waals surface area contributed by atoms with Gasteiger partial charge < -0.3 is 10.8 Å². The molecule has 0 saturated heterocycles. The van der Waals surface area contributed by atoms with Crippen LogP contribution in [0.2, 0.25) is 0 Å². The monoisotopic (exact) mass is 229 g/mol. The van der Waals surface area contributed by atoms with Crippen molar-refractivity contribution in [3.05, 3.63) is 24.0 Å². The summed E-state index contributed by atoms with van der Waals surface area (Å²) in [4.78, 5) is 11.3. The number of rotatable bonds is 4. The number of hydrogen-bond acceptors (Lipinski definition) is 3. The molecule has 0 bridgehead atoms.